The second-order valence-corrected chi connectivity index (χ2v) is 7.43. The maximum atomic E-state index is 5.99. The lowest BCUT2D eigenvalue weighted by Crippen LogP contribution is -2.42. The molecule has 4 heteroatoms. The Morgan fingerprint density at radius 3 is 2.60 bits per heavy atom. The fourth-order valence-corrected chi connectivity index (χ4v) is 3.65. The molecule has 20 heavy (non-hydrogen) atoms. The minimum absolute atomic E-state index is 0.737. The maximum Gasteiger partial charge on any atom is 0.0417 e. The zero-order valence-corrected chi connectivity index (χ0v) is 14.1. The highest BCUT2D eigenvalue weighted by Gasteiger charge is 2.24. The molecule has 2 fully saturated rings. The number of halogens is 2. The van der Waals surface area contributed by atoms with Crippen molar-refractivity contribution in [1.82, 2.24) is 10.2 Å². The van der Waals surface area contributed by atoms with E-state index < -0.39 is 0 Å². The molecule has 2 nitrogen and oxygen atoms in total. The normalized spacial score (nSPS) is 21.3. The average Bonchev–Trinajstić information content (AvgIpc) is 3.25. The Hall–Kier alpha value is -0.0900. The van der Waals surface area contributed by atoms with Crippen molar-refractivity contribution in [1.29, 1.82) is 0 Å². The molecule has 1 N–H and O–H groups in total. The average molecular weight is 358 g/mol. The van der Waals surface area contributed by atoms with Crippen LogP contribution in [0.2, 0.25) is 5.02 Å². The van der Waals surface area contributed by atoms with Crippen LogP contribution in [0.3, 0.4) is 0 Å². The molecule has 3 rings (SSSR count). The van der Waals surface area contributed by atoms with Crippen molar-refractivity contribution < 1.29 is 0 Å². The lowest BCUT2D eigenvalue weighted by molar-refractivity contribution is 0.190. The van der Waals surface area contributed by atoms with Gasteiger partial charge in [-0.05, 0) is 68.9 Å². The number of hydrogen-bond acceptors (Lipinski definition) is 2. The molecule has 1 heterocycles. The van der Waals surface area contributed by atoms with Crippen molar-refractivity contribution >= 4 is 27.5 Å². The molecule has 1 aliphatic heterocycles. The largest absolute Gasteiger partial charge is 0.314 e. The van der Waals surface area contributed by atoms with Crippen LogP contribution in [0.1, 0.15) is 31.2 Å². The summed E-state index contributed by atoms with van der Waals surface area (Å²) in [6, 6.07) is 6.83. The number of likely N-dealkylation sites (tertiary alicyclic amines) is 1. The van der Waals surface area contributed by atoms with Crippen molar-refractivity contribution in [3.05, 3.63) is 33.3 Å². The molecule has 0 radical (unpaired) electrons. The monoisotopic (exact) mass is 356 g/mol. The Labute approximate surface area is 135 Å². The first-order valence-corrected chi connectivity index (χ1v) is 8.77. The van der Waals surface area contributed by atoms with Crippen LogP contribution in [-0.2, 0) is 6.54 Å². The molecule has 0 spiro atoms. The Morgan fingerprint density at radius 2 is 1.95 bits per heavy atom. The molecule has 0 amide bonds. The third kappa shape index (κ3) is 4.20. The molecule has 0 bridgehead atoms. The van der Waals surface area contributed by atoms with E-state index in [1.54, 1.807) is 0 Å². The van der Waals surface area contributed by atoms with Crippen LogP contribution in [-0.4, -0.2) is 30.6 Å². The summed E-state index contributed by atoms with van der Waals surface area (Å²) in [5.41, 5.74) is 1.33. The fraction of sp³-hybridized carbons (Fsp3) is 0.625. The van der Waals surface area contributed by atoms with Crippen molar-refractivity contribution in [2.75, 3.05) is 19.6 Å². The molecule has 2 aliphatic rings. The Bertz CT molecular complexity index is 454. The molecule has 0 aromatic heterocycles. The third-order valence-electron chi connectivity index (χ3n) is 4.39. The molecule has 1 aliphatic carbocycles. The second-order valence-electron chi connectivity index (χ2n) is 6.14. The molecule has 110 valence electrons. The number of nitrogens with one attached hydrogen (secondary N) is 1. The van der Waals surface area contributed by atoms with Gasteiger partial charge >= 0.3 is 0 Å². The van der Waals surface area contributed by atoms with Crippen molar-refractivity contribution in [3.63, 3.8) is 0 Å². The van der Waals surface area contributed by atoms with E-state index in [-0.39, 0.29) is 0 Å². The number of piperidine rings is 1. The van der Waals surface area contributed by atoms with Crippen molar-refractivity contribution in [3.8, 4) is 0 Å². The quantitative estimate of drug-likeness (QED) is 0.854. The van der Waals surface area contributed by atoms with Crippen LogP contribution >= 0.6 is 27.5 Å². The smallest absolute Gasteiger partial charge is 0.0417 e. The molecule has 0 atom stereocenters. The van der Waals surface area contributed by atoms with Gasteiger partial charge in [-0.15, -0.1) is 0 Å². The molecule has 1 saturated carbocycles. The first-order chi connectivity index (χ1) is 9.70. The van der Waals surface area contributed by atoms with Crippen LogP contribution in [0.15, 0.2) is 22.7 Å². The number of nitrogens with zero attached hydrogens (tertiary/aromatic N) is 1. The number of hydrogen-bond donors (Lipinski definition) is 1. The van der Waals surface area contributed by atoms with Gasteiger partial charge in [-0.1, -0.05) is 33.6 Å². The lowest BCUT2D eigenvalue weighted by Gasteiger charge is -2.32. The summed E-state index contributed by atoms with van der Waals surface area (Å²) in [6.45, 7) is 4.65. The standard InChI is InChI=1S/C16H22BrClN2/c17-16-9-14(18)4-3-13(16)11-20-7-5-15(6-8-20)19-10-12-1-2-12/h3-4,9,12,15,19H,1-2,5-8,10-11H2. The highest BCUT2D eigenvalue weighted by molar-refractivity contribution is 9.10. The summed E-state index contributed by atoms with van der Waals surface area (Å²) in [6.07, 6.45) is 5.43. The van der Waals surface area contributed by atoms with E-state index in [1.165, 1.54) is 50.9 Å². The van der Waals surface area contributed by atoms with Gasteiger partial charge in [0.2, 0.25) is 0 Å². The highest BCUT2D eigenvalue weighted by atomic mass is 79.9. The van der Waals surface area contributed by atoms with Gasteiger partial charge in [-0.3, -0.25) is 4.90 Å². The molecule has 1 aromatic rings. The summed E-state index contributed by atoms with van der Waals surface area (Å²) in [5.74, 6) is 0.984. The molecular weight excluding hydrogens is 336 g/mol. The summed E-state index contributed by atoms with van der Waals surface area (Å²) in [7, 11) is 0. The summed E-state index contributed by atoms with van der Waals surface area (Å²) in [5, 5.41) is 4.53. The van der Waals surface area contributed by atoms with E-state index in [9.17, 15) is 0 Å². The predicted molar refractivity (Wildman–Crippen MR) is 88.2 cm³/mol. The van der Waals surface area contributed by atoms with E-state index >= 15 is 0 Å². The fourth-order valence-electron chi connectivity index (χ4n) is 2.84. The third-order valence-corrected chi connectivity index (χ3v) is 5.36. The topological polar surface area (TPSA) is 15.3 Å². The van der Waals surface area contributed by atoms with Crippen LogP contribution in [0, 0.1) is 5.92 Å². The van der Waals surface area contributed by atoms with Gasteiger partial charge in [0.05, 0.1) is 0 Å². The predicted octanol–water partition coefficient (Wildman–Crippen LogP) is 4.07. The number of rotatable bonds is 5. The number of benzene rings is 1. The summed E-state index contributed by atoms with van der Waals surface area (Å²) >= 11 is 9.60. The summed E-state index contributed by atoms with van der Waals surface area (Å²) in [4.78, 5) is 2.54. The van der Waals surface area contributed by atoms with Gasteiger partial charge in [0, 0.05) is 22.1 Å². The van der Waals surface area contributed by atoms with Crippen molar-refractivity contribution in [2.24, 2.45) is 5.92 Å². The van der Waals surface area contributed by atoms with Crippen molar-refractivity contribution in [2.45, 2.75) is 38.3 Å². The lowest BCUT2D eigenvalue weighted by atomic mass is 10.0. The van der Waals surface area contributed by atoms with Gasteiger partial charge in [0.1, 0.15) is 0 Å². The molecule has 1 saturated heterocycles. The zero-order valence-electron chi connectivity index (χ0n) is 11.7. The highest BCUT2D eigenvalue weighted by Crippen LogP contribution is 2.28. The van der Waals surface area contributed by atoms with Crippen LogP contribution in [0.4, 0.5) is 0 Å². The first kappa shape index (κ1) is 14.8. The van der Waals surface area contributed by atoms with Gasteiger partial charge in [-0.2, -0.15) is 0 Å². The van der Waals surface area contributed by atoms with Crippen LogP contribution in [0.5, 0.6) is 0 Å². The Kier molecular flexibility index (Phi) is 5.03. The van der Waals surface area contributed by atoms with E-state index in [0.717, 1.165) is 28.0 Å². The van der Waals surface area contributed by atoms with E-state index in [2.05, 4.69) is 32.2 Å². The molecule has 1 aromatic carbocycles. The first-order valence-electron chi connectivity index (χ1n) is 7.60. The minimum Gasteiger partial charge on any atom is -0.314 e. The summed E-state index contributed by atoms with van der Waals surface area (Å²) < 4.78 is 1.12. The Morgan fingerprint density at radius 1 is 1.20 bits per heavy atom. The van der Waals surface area contributed by atoms with E-state index in [1.807, 2.05) is 12.1 Å². The van der Waals surface area contributed by atoms with Gasteiger partial charge in [-0.25, -0.2) is 0 Å². The van der Waals surface area contributed by atoms with Crippen LogP contribution in [0.25, 0.3) is 0 Å². The van der Waals surface area contributed by atoms with Gasteiger partial charge < -0.3 is 5.32 Å². The Balaban J connectivity index is 1.45. The van der Waals surface area contributed by atoms with Gasteiger partial charge in [0.25, 0.3) is 0 Å². The SMILES string of the molecule is Clc1ccc(CN2CCC(NCC3CC3)CC2)c(Br)c1. The van der Waals surface area contributed by atoms with E-state index in [4.69, 9.17) is 11.6 Å². The second kappa shape index (κ2) is 6.78. The van der Waals surface area contributed by atoms with E-state index in [0.29, 0.717) is 0 Å². The minimum atomic E-state index is 0.737. The van der Waals surface area contributed by atoms with Crippen LogP contribution < -0.4 is 5.32 Å². The molecular formula is C16H22BrClN2. The van der Waals surface area contributed by atoms with Gasteiger partial charge in [0.15, 0.2) is 0 Å². The molecule has 0 unspecified atom stereocenters. The maximum absolute atomic E-state index is 5.99. The zero-order chi connectivity index (χ0) is 13.9.